The first-order valence-corrected chi connectivity index (χ1v) is 8.37. The van der Waals surface area contributed by atoms with E-state index in [1.165, 1.54) is 5.56 Å². The number of rotatable bonds is 2. The Labute approximate surface area is 152 Å². The van der Waals surface area contributed by atoms with Crippen LogP contribution in [0, 0.1) is 10.5 Å². The predicted molar refractivity (Wildman–Crippen MR) is 97.1 cm³/mol. The maximum Gasteiger partial charge on any atom is 0.363 e. The number of aryl methyl sites for hydroxylation is 1. The standard InChI is InChI=1S/C18H12INO4/c1-10-2-4-12(8-13(10)19)17-20-14(18(21)24-17)6-11-3-5-15-16(7-11)23-9-22-15/h2-8H,9H2,1H3/b14-6+. The number of aliphatic imine (C=N–C) groups is 1. The maximum absolute atomic E-state index is 12.1. The van der Waals surface area contributed by atoms with E-state index < -0.39 is 5.97 Å². The normalized spacial score (nSPS) is 17.2. The number of carbonyl (C=O) groups is 1. The van der Waals surface area contributed by atoms with Gasteiger partial charge in [-0.25, -0.2) is 9.79 Å². The summed E-state index contributed by atoms with van der Waals surface area (Å²) in [6.07, 6.45) is 1.68. The molecule has 24 heavy (non-hydrogen) atoms. The molecule has 2 aromatic carbocycles. The van der Waals surface area contributed by atoms with Gasteiger partial charge in [-0.05, 0) is 71.0 Å². The van der Waals surface area contributed by atoms with Gasteiger partial charge >= 0.3 is 5.97 Å². The summed E-state index contributed by atoms with van der Waals surface area (Å²) in [5.41, 5.74) is 3.02. The minimum absolute atomic E-state index is 0.214. The quantitative estimate of drug-likeness (QED) is 0.412. The van der Waals surface area contributed by atoms with Crippen molar-refractivity contribution in [2.24, 2.45) is 4.99 Å². The van der Waals surface area contributed by atoms with Gasteiger partial charge in [0.1, 0.15) is 0 Å². The first-order chi connectivity index (χ1) is 11.6. The minimum Gasteiger partial charge on any atom is -0.454 e. The summed E-state index contributed by atoms with van der Waals surface area (Å²) in [5, 5.41) is 0. The molecule has 0 bridgehead atoms. The molecule has 0 N–H and O–H groups in total. The topological polar surface area (TPSA) is 57.1 Å². The number of fused-ring (bicyclic) bond motifs is 1. The summed E-state index contributed by atoms with van der Waals surface area (Å²) < 4.78 is 17.0. The molecule has 0 saturated carbocycles. The molecule has 2 aromatic rings. The molecule has 0 spiro atoms. The summed E-state index contributed by atoms with van der Waals surface area (Å²) in [5.74, 6) is 1.22. The van der Waals surface area contributed by atoms with E-state index in [0.29, 0.717) is 17.4 Å². The van der Waals surface area contributed by atoms with Gasteiger partial charge in [-0.15, -0.1) is 0 Å². The molecule has 4 rings (SSSR count). The molecule has 0 fully saturated rings. The molecule has 6 heteroatoms. The van der Waals surface area contributed by atoms with Crippen molar-refractivity contribution < 1.29 is 19.0 Å². The number of cyclic esters (lactones) is 1. The Balaban J connectivity index is 1.67. The summed E-state index contributed by atoms with van der Waals surface area (Å²) in [6.45, 7) is 2.24. The highest BCUT2D eigenvalue weighted by molar-refractivity contribution is 14.1. The fourth-order valence-corrected chi connectivity index (χ4v) is 2.93. The summed E-state index contributed by atoms with van der Waals surface area (Å²) in [6, 6.07) is 11.3. The Bertz CT molecular complexity index is 917. The maximum atomic E-state index is 12.1. The van der Waals surface area contributed by atoms with Gasteiger partial charge in [-0.2, -0.15) is 0 Å². The van der Waals surface area contributed by atoms with Crippen molar-refractivity contribution in [2.75, 3.05) is 6.79 Å². The molecular weight excluding hydrogens is 421 g/mol. The highest BCUT2D eigenvalue weighted by Crippen LogP contribution is 2.33. The summed E-state index contributed by atoms with van der Waals surface area (Å²) >= 11 is 2.25. The van der Waals surface area contributed by atoms with Crippen molar-refractivity contribution in [3.63, 3.8) is 0 Å². The van der Waals surface area contributed by atoms with Gasteiger partial charge in [0.05, 0.1) is 0 Å². The summed E-state index contributed by atoms with van der Waals surface area (Å²) in [4.78, 5) is 16.4. The van der Waals surface area contributed by atoms with Crippen LogP contribution in [0.2, 0.25) is 0 Å². The second-order valence-corrected chi connectivity index (χ2v) is 6.57. The van der Waals surface area contributed by atoms with Gasteiger partial charge in [0.2, 0.25) is 12.7 Å². The molecule has 0 radical (unpaired) electrons. The second kappa shape index (κ2) is 5.94. The zero-order chi connectivity index (χ0) is 16.7. The predicted octanol–water partition coefficient (Wildman–Crippen LogP) is 3.67. The number of hydrogen-bond donors (Lipinski definition) is 0. The number of ether oxygens (including phenoxy) is 3. The van der Waals surface area contributed by atoms with Crippen molar-refractivity contribution >= 4 is 40.5 Å². The molecule has 0 amide bonds. The van der Waals surface area contributed by atoms with Gasteiger partial charge in [0.15, 0.2) is 17.2 Å². The third-order valence-corrected chi connectivity index (χ3v) is 4.90. The number of halogens is 1. The van der Waals surface area contributed by atoms with Crippen LogP contribution in [0.25, 0.3) is 6.08 Å². The average molecular weight is 433 g/mol. The fourth-order valence-electron chi connectivity index (χ4n) is 2.42. The monoisotopic (exact) mass is 433 g/mol. The van der Waals surface area contributed by atoms with Gasteiger partial charge in [0.25, 0.3) is 0 Å². The number of nitrogens with zero attached hydrogens (tertiary/aromatic N) is 1. The van der Waals surface area contributed by atoms with Gasteiger partial charge in [-0.3, -0.25) is 0 Å². The van der Waals surface area contributed by atoms with E-state index >= 15 is 0 Å². The van der Waals surface area contributed by atoms with E-state index in [1.807, 2.05) is 43.3 Å². The van der Waals surface area contributed by atoms with Gasteiger partial charge < -0.3 is 14.2 Å². The van der Waals surface area contributed by atoms with Gasteiger partial charge in [-0.1, -0.05) is 12.1 Å². The molecule has 2 aliphatic rings. The number of carbonyl (C=O) groups excluding carboxylic acids is 1. The third kappa shape index (κ3) is 2.77. The van der Waals surface area contributed by atoms with E-state index in [-0.39, 0.29) is 12.5 Å². The lowest BCUT2D eigenvalue weighted by atomic mass is 10.1. The van der Waals surface area contributed by atoms with Crippen LogP contribution in [-0.2, 0) is 9.53 Å². The average Bonchev–Trinajstić information content (AvgIpc) is 3.17. The molecule has 0 saturated heterocycles. The Kier molecular flexibility index (Phi) is 3.76. The smallest absolute Gasteiger partial charge is 0.363 e. The molecular formula is C18H12INO4. The molecule has 0 aliphatic carbocycles. The number of hydrogen-bond acceptors (Lipinski definition) is 5. The van der Waals surface area contributed by atoms with E-state index in [9.17, 15) is 4.79 Å². The van der Waals surface area contributed by atoms with Gasteiger partial charge in [0, 0.05) is 9.13 Å². The molecule has 2 aliphatic heterocycles. The highest BCUT2D eigenvalue weighted by Gasteiger charge is 2.24. The van der Waals surface area contributed by atoms with Crippen molar-refractivity contribution in [1.29, 1.82) is 0 Å². The van der Waals surface area contributed by atoms with Crippen LogP contribution < -0.4 is 9.47 Å². The van der Waals surface area contributed by atoms with Crippen LogP contribution >= 0.6 is 22.6 Å². The van der Waals surface area contributed by atoms with Crippen LogP contribution in [0.1, 0.15) is 16.7 Å². The summed E-state index contributed by atoms with van der Waals surface area (Å²) in [7, 11) is 0. The Morgan fingerprint density at radius 3 is 2.79 bits per heavy atom. The van der Waals surface area contributed by atoms with E-state index in [4.69, 9.17) is 14.2 Å². The molecule has 2 heterocycles. The van der Waals surface area contributed by atoms with Crippen molar-refractivity contribution in [2.45, 2.75) is 6.92 Å². The zero-order valence-electron chi connectivity index (χ0n) is 12.7. The molecule has 5 nitrogen and oxygen atoms in total. The van der Waals surface area contributed by atoms with Crippen molar-refractivity contribution in [3.8, 4) is 11.5 Å². The number of benzene rings is 2. The molecule has 120 valence electrons. The van der Waals surface area contributed by atoms with Crippen molar-refractivity contribution in [1.82, 2.24) is 0 Å². The van der Waals surface area contributed by atoms with Crippen LogP contribution in [0.4, 0.5) is 0 Å². The Morgan fingerprint density at radius 2 is 1.96 bits per heavy atom. The Hall–Kier alpha value is -2.35. The minimum atomic E-state index is -0.460. The first-order valence-electron chi connectivity index (χ1n) is 7.29. The van der Waals surface area contributed by atoms with Crippen LogP contribution in [0.3, 0.4) is 0 Å². The zero-order valence-corrected chi connectivity index (χ0v) is 14.9. The fraction of sp³-hybridized carbons (Fsp3) is 0.111. The van der Waals surface area contributed by atoms with E-state index in [2.05, 4.69) is 27.6 Å². The highest BCUT2D eigenvalue weighted by atomic mass is 127. The van der Waals surface area contributed by atoms with Crippen LogP contribution in [0.15, 0.2) is 47.1 Å². The third-order valence-electron chi connectivity index (χ3n) is 3.74. The van der Waals surface area contributed by atoms with E-state index in [1.54, 1.807) is 6.08 Å². The first kappa shape index (κ1) is 15.2. The SMILES string of the molecule is Cc1ccc(C2=N/C(=C/c3ccc4c(c3)OCO4)C(=O)O2)cc1I. The van der Waals surface area contributed by atoms with Crippen molar-refractivity contribution in [3.05, 3.63) is 62.4 Å². The largest absolute Gasteiger partial charge is 0.454 e. The lowest BCUT2D eigenvalue weighted by Crippen LogP contribution is -2.05. The molecule has 0 aromatic heterocycles. The van der Waals surface area contributed by atoms with Crippen LogP contribution in [0.5, 0.6) is 11.5 Å². The Morgan fingerprint density at radius 1 is 1.12 bits per heavy atom. The molecule has 0 unspecified atom stereocenters. The lowest BCUT2D eigenvalue weighted by Gasteiger charge is -2.02. The van der Waals surface area contributed by atoms with Crippen LogP contribution in [-0.4, -0.2) is 18.7 Å². The molecule has 0 atom stereocenters. The van der Waals surface area contributed by atoms with E-state index in [0.717, 1.165) is 14.7 Å². The second-order valence-electron chi connectivity index (χ2n) is 5.41. The number of esters is 1. The lowest BCUT2D eigenvalue weighted by molar-refractivity contribution is -0.129.